The third-order valence-electron chi connectivity index (χ3n) is 6.08. The standard InChI is InChI=1S/C24H20Br2N4O/c1-14-10-16(6-7-19(14)28-22(31)15-4-2-5-17(25)11-15)24(8-3-9-24)23-29-20-12-18(26)13-27-21(20)30-23/h2,4-7,10-13H,3,8-9H2,1H3,(H,28,31)(H,27,29,30). The Kier molecular flexibility index (Phi) is 5.18. The second-order valence-electron chi connectivity index (χ2n) is 8.04. The van der Waals surface area contributed by atoms with Crippen molar-refractivity contribution in [2.75, 3.05) is 5.32 Å². The van der Waals surface area contributed by atoms with Crippen LogP contribution in [-0.4, -0.2) is 20.9 Å². The van der Waals surface area contributed by atoms with Gasteiger partial charge in [-0.05, 0) is 77.2 Å². The van der Waals surface area contributed by atoms with Gasteiger partial charge in [0, 0.05) is 26.4 Å². The minimum Gasteiger partial charge on any atom is -0.340 e. The normalized spacial score (nSPS) is 14.9. The van der Waals surface area contributed by atoms with Crippen molar-refractivity contribution >= 4 is 54.6 Å². The van der Waals surface area contributed by atoms with Gasteiger partial charge in [-0.1, -0.05) is 40.5 Å². The van der Waals surface area contributed by atoms with Gasteiger partial charge in [-0.3, -0.25) is 4.79 Å². The third kappa shape index (κ3) is 3.70. The summed E-state index contributed by atoms with van der Waals surface area (Å²) in [6.07, 6.45) is 5.01. The smallest absolute Gasteiger partial charge is 0.255 e. The number of fused-ring (bicyclic) bond motifs is 1. The summed E-state index contributed by atoms with van der Waals surface area (Å²) in [5.74, 6) is 0.842. The fourth-order valence-corrected chi connectivity index (χ4v) is 4.95. The highest BCUT2D eigenvalue weighted by atomic mass is 79.9. The number of imidazole rings is 1. The molecule has 1 aliphatic carbocycles. The predicted molar refractivity (Wildman–Crippen MR) is 129 cm³/mol. The molecule has 0 bridgehead atoms. The van der Waals surface area contributed by atoms with E-state index in [4.69, 9.17) is 4.98 Å². The highest BCUT2D eigenvalue weighted by Crippen LogP contribution is 2.48. The van der Waals surface area contributed by atoms with Gasteiger partial charge in [-0.25, -0.2) is 9.97 Å². The first-order valence-corrected chi connectivity index (χ1v) is 11.7. The molecule has 0 unspecified atom stereocenters. The van der Waals surface area contributed by atoms with Crippen LogP contribution >= 0.6 is 31.9 Å². The van der Waals surface area contributed by atoms with E-state index in [1.165, 1.54) is 5.56 Å². The second-order valence-corrected chi connectivity index (χ2v) is 9.87. The van der Waals surface area contributed by atoms with Crippen molar-refractivity contribution in [1.29, 1.82) is 0 Å². The molecule has 0 radical (unpaired) electrons. The molecule has 4 aromatic rings. The summed E-state index contributed by atoms with van der Waals surface area (Å²) in [4.78, 5) is 25.4. The van der Waals surface area contributed by atoms with Gasteiger partial charge in [0.2, 0.25) is 0 Å². The predicted octanol–water partition coefficient (Wildman–Crippen LogP) is 6.51. The number of amides is 1. The van der Waals surface area contributed by atoms with Crippen LogP contribution in [0.5, 0.6) is 0 Å². The second kappa shape index (κ2) is 7.88. The van der Waals surface area contributed by atoms with Crippen LogP contribution in [0.2, 0.25) is 0 Å². The number of aryl methyl sites for hydroxylation is 1. The van der Waals surface area contributed by atoms with E-state index in [9.17, 15) is 4.79 Å². The van der Waals surface area contributed by atoms with E-state index in [0.29, 0.717) is 5.56 Å². The van der Waals surface area contributed by atoms with E-state index < -0.39 is 0 Å². The Hall–Kier alpha value is -2.51. The van der Waals surface area contributed by atoms with Gasteiger partial charge in [0.1, 0.15) is 5.82 Å². The van der Waals surface area contributed by atoms with E-state index in [2.05, 4.69) is 59.3 Å². The Balaban J connectivity index is 1.45. The van der Waals surface area contributed by atoms with Crippen molar-refractivity contribution in [3.63, 3.8) is 0 Å². The zero-order chi connectivity index (χ0) is 21.6. The van der Waals surface area contributed by atoms with Crippen LogP contribution < -0.4 is 5.32 Å². The maximum absolute atomic E-state index is 12.7. The number of pyridine rings is 1. The van der Waals surface area contributed by atoms with E-state index in [0.717, 1.165) is 56.4 Å². The topological polar surface area (TPSA) is 70.7 Å². The number of aromatic amines is 1. The van der Waals surface area contributed by atoms with Crippen LogP contribution in [0.1, 0.15) is 46.6 Å². The number of benzene rings is 2. The summed E-state index contributed by atoms with van der Waals surface area (Å²) >= 11 is 6.90. The molecular formula is C24H20Br2N4O. The van der Waals surface area contributed by atoms with Gasteiger partial charge >= 0.3 is 0 Å². The molecule has 2 heterocycles. The number of nitrogens with zero attached hydrogens (tertiary/aromatic N) is 2. The number of carbonyl (C=O) groups excluding carboxylic acids is 1. The molecule has 0 atom stereocenters. The Morgan fingerprint density at radius 3 is 2.65 bits per heavy atom. The molecule has 2 N–H and O–H groups in total. The van der Waals surface area contributed by atoms with E-state index in [1.54, 1.807) is 12.3 Å². The molecule has 2 aromatic carbocycles. The molecule has 1 fully saturated rings. The van der Waals surface area contributed by atoms with Crippen molar-refractivity contribution in [3.05, 3.63) is 86.2 Å². The quantitative estimate of drug-likeness (QED) is 0.310. The fourth-order valence-electron chi connectivity index (χ4n) is 4.22. The highest BCUT2D eigenvalue weighted by molar-refractivity contribution is 9.10. The average molecular weight is 540 g/mol. The molecular weight excluding hydrogens is 520 g/mol. The molecule has 5 nitrogen and oxygen atoms in total. The van der Waals surface area contributed by atoms with Crippen LogP contribution in [0.15, 0.2) is 63.7 Å². The number of anilines is 1. The third-order valence-corrected chi connectivity index (χ3v) is 7.01. The lowest BCUT2D eigenvalue weighted by atomic mass is 9.63. The van der Waals surface area contributed by atoms with Crippen LogP contribution in [0, 0.1) is 6.92 Å². The number of halogens is 2. The first-order valence-electron chi connectivity index (χ1n) is 10.1. The summed E-state index contributed by atoms with van der Waals surface area (Å²) in [7, 11) is 0. The van der Waals surface area contributed by atoms with Crippen molar-refractivity contribution < 1.29 is 4.79 Å². The number of aromatic nitrogens is 3. The molecule has 1 saturated carbocycles. The SMILES string of the molecule is Cc1cc(C2(c3nc4ncc(Br)cc4[nH]3)CCC2)ccc1NC(=O)c1cccc(Br)c1. The highest BCUT2D eigenvalue weighted by Gasteiger charge is 2.43. The minimum atomic E-state index is -0.134. The number of carbonyl (C=O) groups is 1. The zero-order valence-electron chi connectivity index (χ0n) is 16.9. The zero-order valence-corrected chi connectivity index (χ0v) is 20.0. The Morgan fingerprint density at radius 2 is 1.94 bits per heavy atom. The molecule has 31 heavy (non-hydrogen) atoms. The van der Waals surface area contributed by atoms with Gasteiger partial charge < -0.3 is 10.3 Å². The van der Waals surface area contributed by atoms with Crippen molar-refractivity contribution in [2.24, 2.45) is 0 Å². The Morgan fingerprint density at radius 1 is 1.10 bits per heavy atom. The van der Waals surface area contributed by atoms with Crippen LogP contribution in [-0.2, 0) is 5.41 Å². The average Bonchev–Trinajstić information content (AvgIpc) is 3.12. The first kappa shape index (κ1) is 20.4. The van der Waals surface area contributed by atoms with E-state index in [-0.39, 0.29) is 11.3 Å². The number of nitrogens with one attached hydrogen (secondary N) is 2. The summed E-state index contributed by atoms with van der Waals surface area (Å²) < 4.78 is 1.81. The van der Waals surface area contributed by atoms with Gasteiger partial charge in [-0.15, -0.1) is 0 Å². The maximum Gasteiger partial charge on any atom is 0.255 e. The van der Waals surface area contributed by atoms with Crippen LogP contribution in [0.4, 0.5) is 5.69 Å². The van der Waals surface area contributed by atoms with Crippen molar-refractivity contribution in [1.82, 2.24) is 15.0 Å². The maximum atomic E-state index is 12.7. The lowest BCUT2D eigenvalue weighted by molar-refractivity contribution is 0.102. The van der Waals surface area contributed by atoms with Gasteiger partial charge in [0.25, 0.3) is 5.91 Å². The lowest BCUT2D eigenvalue weighted by Crippen LogP contribution is -2.36. The molecule has 2 aromatic heterocycles. The first-order chi connectivity index (χ1) is 14.9. The molecule has 0 aliphatic heterocycles. The Bertz CT molecular complexity index is 1310. The fraction of sp³-hybridized carbons (Fsp3) is 0.208. The number of hydrogen-bond donors (Lipinski definition) is 2. The summed E-state index contributed by atoms with van der Waals surface area (Å²) in [5, 5.41) is 3.04. The number of H-pyrrole nitrogens is 1. The van der Waals surface area contributed by atoms with Gasteiger partial charge in [0.15, 0.2) is 5.65 Å². The molecule has 1 amide bonds. The van der Waals surface area contributed by atoms with Crippen molar-refractivity contribution in [2.45, 2.75) is 31.6 Å². The Labute approximate surface area is 197 Å². The summed E-state index contributed by atoms with van der Waals surface area (Å²) in [5.41, 5.74) is 5.22. The summed E-state index contributed by atoms with van der Waals surface area (Å²) in [6, 6.07) is 15.7. The monoisotopic (exact) mass is 538 g/mol. The van der Waals surface area contributed by atoms with Gasteiger partial charge in [-0.2, -0.15) is 0 Å². The van der Waals surface area contributed by atoms with E-state index in [1.807, 2.05) is 37.3 Å². The molecule has 5 rings (SSSR count). The molecule has 0 spiro atoms. The van der Waals surface area contributed by atoms with Crippen molar-refractivity contribution in [3.8, 4) is 0 Å². The van der Waals surface area contributed by atoms with Gasteiger partial charge in [0.05, 0.1) is 10.9 Å². The summed E-state index contributed by atoms with van der Waals surface area (Å²) in [6.45, 7) is 2.03. The minimum absolute atomic E-state index is 0.121. The van der Waals surface area contributed by atoms with E-state index >= 15 is 0 Å². The van der Waals surface area contributed by atoms with Crippen LogP contribution in [0.3, 0.4) is 0 Å². The number of hydrogen-bond acceptors (Lipinski definition) is 3. The molecule has 7 heteroatoms. The molecule has 156 valence electrons. The largest absolute Gasteiger partial charge is 0.340 e. The number of rotatable bonds is 4. The molecule has 0 saturated heterocycles. The molecule has 1 aliphatic rings. The lowest BCUT2D eigenvalue weighted by Gasteiger charge is -2.41. The van der Waals surface area contributed by atoms with Crippen LogP contribution in [0.25, 0.3) is 11.2 Å².